The summed E-state index contributed by atoms with van der Waals surface area (Å²) in [5.74, 6) is -0.451. The van der Waals surface area contributed by atoms with E-state index in [0.717, 1.165) is 40.3 Å². The van der Waals surface area contributed by atoms with Crippen LogP contribution >= 0.6 is 11.3 Å². The molecule has 1 fully saturated rings. The predicted octanol–water partition coefficient (Wildman–Crippen LogP) is 6.07. The molecule has 0 saturated carbocycles. The van der Waals surface area contributed by atoms with Crippen molar-refractivity contribution in [1.82, 2.24) is 29.8 Å². The maximum Gasteiger partial charge on any atom is 0.234 e. The van der Waals surface area contributed by atoms with Gasteiger partial charge in [-0.25, -0.2) is 18.4 Å². The number of carbonyl (C=O) groups excluding carboxylic acids is 1. The molecule has 2 aliphatic heterocycles. The van der Waals surface area contributed by atoms with Gasteiger partial charge >= 0.3 is 0 Å². The van der Waals surface area contributed by atoms with E-state index in [1.807, 2.05) is 29.6 Å². The number of ether oxygens (including phenoxy) is 1. The molecule has 232 valence electrons. The highest BCUT2D eigenvalue weighted by atomic mass is 32.1. The highest BCUT2D eigenvalue weighted by Crippen LogP contribution is 2.38. The highest BCUT2D eigenvalue weighted by Gasteiger charge is 2.41. The molecule has 2 aromatic carbocycles. The van der Waals surface area contributed by atoms with Crippen molar-refractivity contribution in [1.29, 1.82) is 0 Å². The third kappa shape index (κ3) is 5.51. The third-order valence-electron chi connectivity index (χ3n) is 8.91. The van der Waals surface area contributed by atoms with Crippen LogP contribution in [-0.4, -0.2) is 67.5 Å². The van der Waals surface area contributed by atoms with Gasteiger partial charge in [-0.05, 0) is 59.2 Å². The number of hydrogen-bond donors (Lipinski definition) is 0. The Balaban J connectivity index is 1.14. The Labute approximate surface area is 260 Å². The van der Waals surface area contributed by atoms with Gasteiger partial charge in [0.05, 0.1) is 41.2 Å². The van der Waals surface area contributed by atoms with Crippen molar-refractivity contribution < 1.29 is 18.3 Å². The molecule has 8 nitrogen and oxygen atoms in total. The van der Waals surface area contributed by atoms with Crippen molar-refractivity contribution in [3.8, 4) is 16.3 Å². The first kappa shape index (κ1) is 30.3. The lowest BCUT2D eigenvalue weighted by Gasteiger charge is -2.45. The Bertz CT molecular complexity index is 1670. The van der Waals surface area contributed by atoms with Gasteiger partial charge in [-0.15, -0.1) is 16.4 Å². The number of nitrogens with zero attached hydrogens (tertiary/aromatic N) is 6. The number of carbonyl (C=O) groups is 1. The quantitative estimate of drug-likeness (QED) is 0.261. The van der Waals surface area contributed by atoms with Crippen molar-refractivity contribution in [3.05, 3.63) is 81.6 Å². The first-order valence-electron chi connectivity index (χ1n) is 15.0. The van der Waals surface area contributed by atoms with E-state index in [1.165, 1.54) is 23.8 Å². The topological polar surface area (TPSA) is 76.4 Å². The molecule has 0 aliphatic carbocycles. The number of thiazole rings is 1. The van der Waals surface area contributed by atoms with E-state index < -0.39 is 17.0 Å². The number of aryl methyl sites for hydroxylation is 2. The Kier molecular flexibility index (Phi) is 8.04. The summed E-state index contributed by atoms with van der Waals surface area (Å²) in [5, 5.41) is 11.0. The Hall–Kier alpha value is -3.70. The van der Waals surface area contributed by atoms with Gasteiger partial charge in [-0.1, -0.05) is 29.0 Å². The zero-order chi connectivity index (χ0) is 31.3. The summed E-state index contributed by atoms with van der Waals surface area (Å²) in [6.07, 6.45) is 2.87. The van der Waals surface area contributed by atoms with Crippen LogP contribution in [0.3, 0.4) is 0 Å². The number of rotatable bonds is 6. The lowest BCUT2D eigenvalue weighted by molar-refractivity contribution is -0.141. The molecular formula is C33H38F2N6O2S. The Morgan fingerprint density at radius 3 is 2.52 bits per heavy atom. The van der Waals surface area contributed by atoms with Crippen LogP contribution in [0.2, 0.25) is 0 Å². The molecule has 6 rings (SSSR count). The van der Waals surface area contributed by atoms with E-state index in [0.29, 0.717) is 31.9 Å². The molecule has 0 unspecified atom stereocenters. The molecule has 3 atom stereocenters. The minimum Gasteiger partial charge on any atom is -0.493 e. The van der Waals surface area contributed by atoms with E-state index in [-0.39, 0.29) is 34.6 Å². The lowest BCUT2D eigenvalue weighted by atomic mass is 9.87. The minimum atomic E-state index is -0.961. The summed E-state index contributed by atoms with van der Waals surface area (Å²) >= 11 is 1.14. The molecule has 0 bridgehead atoms. The Morgan fingerprint density at radius 1 is 1.11 bits per heavy atom. The number of aromatic nitrogens is 4. The first-order chi connectivity index (χ1) is 20.9. The summed E-state index contributed by atoms with van der Waals surface area (Å²) in [4.78, 5) is 22.6. The van der Waals surface area contributed by atoms with Crippen LogP contribution in [0, 0.1) is 25.5 Å². The van der Waals surface area contributed by atoms with Crippen molar-refractivity contribution in [3.63, 3.8) is 0 Å². The fraction of sp³-hybridized carbons (Fsp3) is 0.455. The van der Waals surface area contributed by atoms with Gasteiger partial charge in [0.2, 0.25) is 5.91 Å². The summed E-state index contributed by atoms with van der Waals surface area (Å²) < 4.78 is 36.7. The summed E-state index contributed by atoms with van der Waals surface area (Å²) in [6, 6.07) is 8.31. The standard InChI is InChI=1S/C33H38F2N6O2S/c1-19-12-20(2)30-24(13-19)27(10-11-43-30)41-17-23(37-38-41)16-40-21(3)14-39(15-22(40)4)32(42)33(5,6)28-18-44-31(36-28)29-25(34)8-7-9-26(29)35/h7-9,12-13,17-18,21-22,27H,10-11,14-16H2,1-6H3/t21-,22+,27-/m0/s1. The van der Waals surface area contributed by atoms with Crippen LogP contribution in [0.4, 0.5) is 8.78 Å². The van der Waals surface area contributed by atoms with Crippen LogP contribution in [0.25, 0.3) is 10.6 Å². The average molecular weight is 621 g/mol. The Morgan fingerprint density at radius 2 is 1.82 bits per heavy atom. The predicted molar refractivity (Wildman–Crippen MR) is 166 cm³/mol. The van der Waals surface area contributed by atoms with E-state index in [4.69, 9.17) is 4.74 Å². The second-order valence-corrected chi connectivity index (χ2v) is 13.5. The molecule has 0 spiro atoms. The molecule has 4 aromatic rings. The van der Waals surface area contributed by atoms with Gasteiger partial charge < -0.3 is 9.64 Å². The van der Waals surface area contributed by atoms with Crippen LogP contribution in [0.15, 0.2) is 41.9 Å². The summed E-state index contributed by atoms with van der Waals surface area (Å²) in [6.45, 7) is 14.4. The molecule has 4 heterocycles. The van der Waals surface area contributed by atoms with Crippen molar-refractivity contribution in [2.24, 2.45) is 0 Å². The SMILES string of the molecule is Cc1cc(C)c2c(c1)[C@@H](n1cc(CN3[C@H](C)CN(C(=O)C(C)(C)c4csc(-c5c(F)cccc5F)n4)C[C@@H]3C)nn1)CCO2. The largest absolute Gasteiger partial charge is 0.493 e. The smallest absolute Gasteiger partial charge is 0.234 e. The zero-order valence-corrected chi connectivity index (χ0v) is 26.8. The normalized spacial score (nSPS) is 20.8. The minimum absolute atomic E-state index is 0.0589. The molecule has 44 heavy (non-hydrogen) atoms. The number of hydrogen-bond acceptors (Lipinski definition) is 7. The monoisotopic (exact) mass is 620 g/mol. The van der Waals surface area contributed by atoms with Gasteiger partial charge in [0.25, 0.3) is 0 Å². The van der Waals surface area contributed by atoms with Crippen molar-refractivity contribution >= 4 is 17.2 Å². The van der Waals surface area contributed by atoms with Crippen LogP contribution < -0.4 is 4.74 Å². The number of benzene rings is 2. The molecule has 1 amide bonds. The fourth-order valence-electron chi connectivity index (χ4n) is 6.58. The van der Waals surface area contributed by atoms with Gasteiger partial charge in [0.1, 0.15) is 22.4 Å². The molecule has 0 radical (unpaired) electrons. The van der Waals surface area contributed by atoms with E-state index in [9.17, 15) is 13.6 Å². The highest BCUT2D eigenvalue weighted by molar-refractivity contribution is 7.13. The van der Waals surface area contributed by atoms with Crippen LogP contribution in [0.5, 0.6) is 5.75 Å². The number of fused-ring (bicyclic) bond motifs is 1. The number of amides is 1. The second-order valence-electron chi connectivity index (χ2n) is 12.7. The van der Waals surface area contributed by atoms with Gasteiger partial charge in [0, 0.05) is 49.1 Å². The lowest BCUT2D eigenvalue weighted by Crippen LogP contribution is -2.60. The van der Waals surface area contributed by atoms with Gasteiger partial charge in [-0.2, -0.15) is 0 Å². The summed E-state index contributed by atoms with van der Waals surface area (Å²) in [5.41, 5.74) is 3.75. The molecule has 2 aromatic heterocycles. The average Bonchev–Trinajstić information content (AvgIpc) is 3.65. The van der Waals surface area contributed by atoms with E-state index in [2.05, 4.69) is 60.0 Å². The second kappa shape index (κ2) is 11.7. The van der Waals surface area contributed by atoms with Crippen molar-refractivity contribution in [2.45, 2.75) is 78.0 Å². The summed E-state index contributed by atoms with van der Waals surface area (Å²) in [7, 11) is 0. The van der Waals surface area contributed by atoms with E-state index >= 15 is 0 Å². The van der Waals surface area contributed by atoms with Gasteiger partial charge in [0.15, 0.2) is 0 Å². The first-order valence-corrected chi connectivity index (χ1v) is 15.9. The number of halogens is 2. The molecule has 2 aliphatic rings. The maximum atomic E-state index is 14.4. The van der Waals surface area contributed by atoms with Crippen LogP contribution in [-0.2, 0) is 16.8 Å². The van der Waals surface area contributed by atoms with E-state index in [1.54, 1.807) is 5.38 Å². The maximum absolute atomic E-state index is 14.4. The fourth-order valence-corrected chi connectivity index (χ4v) is 7.61. The molecular weight excluding hydrogens is 582 g/mol. The zero-order valence-electron chi connectivity index (χ0n) is 26.0. The molecule has 1 saturated heterocycles. The van der Waals surface area contributed by atoms with Gasteiger partial charge in [-0.3, -0.25) is 9.69 Å². The number of piperazine rings is 1. The van der Waals surface area contributed by atoms with Crippen LogP contribution in [0.1, 0.15) is 68.2 Å². The third-order valence-corrected chi connectivity index (χ3v) is 9.77. The molecule has 11 heteroatoms. The molecule has 0 N–H and O–H groups in total. The van der Waals surface area contributed by atoms with Crippen molar-refractivity contribution in [2.75, 3.05) is 19.7 Å².